The molecule has 212 valence electrons. The summed E-state index contributed by atoms with van der Waals surface area (Å²) < 4.78 is 5.52. The fourth-order valence-electron chi connectivity index (χ4n) is 4.98. The van der Waals surface area contributed by atoms with Gasteiger partial charge in [0.15, 0.2) is 0 Å². The van der Waals surface area contributed by atoms with Crippen LogP contribution in [0.15, 0.2) is 48.5 Å². The Morgan fingerprint density at radius 3 is 2.15 bits per heavy atom. The van der Waals surface area contributed by atoms with Gasteiger partial charge in [-0.15, -0.1) is 0 Å². The van der Waals surface area contributed by atoms with Crippen molar-refractivity contribution < 1.29 is 19.1 Å². The number of hydrogen-bond acceptors (Lipinski definition) is 4. The molecule has 2 aromatic carbocycles. The van der Waals surface area contributed by atoms with Crippen molar-refractivity contribution in [3.05, 3.63) is 70.8 Å². The molecule has 0 radical (unpaired) electrons. The number of carbonyl (C=O) groups is 3. The number of nitrogens with one attached hydrogen (secondary N) is 2. The van der Waals surface area contributed by atoms with Crippen LogP contribution in [0.3, 0.4) is 0 Å². The number of ether oxygens (including phenoxy) is 1. The topological polar surface area (TPSA) is 87.7 Å². The van der Waals surface area contributed by atoms with Gasteiger partial charge >= 0.3 is 6.09 Å². The van der Waals surface area contributed by atoms with Gasteiger partial charge in [0.2, 0.25) is 11.8 Å². The van der Waals surface area contributed by atoms with Crippen LogP contribution in [0.5, 0.6) is 0 Å². The molecule has 1 aliphatic carbocycles. The summed E-state index contributed by atoms with van der Waals surface area (Å²) in [6.45, 7) is 13.4. The fraction of sp³-hybridized carbons (Fsp3) is 0.531. The summed E-state index contributed by atoms with van der Waals surface area (Å²) in [6.07, 6.45) is 3.05. The first-order valence-corrected chi connectivity index (χ1v) is 14.1. The quantitative estimate of drug-likeness (QED) is 0.382. The zero-order chi connectivity index (χ0) is 28.7. The van der Waals surface area contributed by atoms with E-state index >= 15 is 0 Å². The standard InChI is InChI=1S/C32H45N3O4/c1-8-12-23(4)33-29(36)28(25-18-21(2)17-22(3)19-25)35(26-15-16-26)30(37)27(20-24-13-10-9-11-14-24)34-31(38)39-32(5,6)7/h9-11,13-14,17-19,23,26-28H,8,12,15-16,20H2,1-7H3,(H,33,36)(H,34,38). The number of aryl methyl sites for hydroxylation is 2. The van der Waals surface area contributed by atoms with Gasteiger partial charge in [0.05, 0.1) is 0 Å². The summed E-state index contributed by atoms with van der Waals surface area (Å²) >= 11 is 0. The zero-order valence-electron chi connectivity index (χ0n) is 24.5. The molecule has 0 spiro atoms. The van der Waals surface area contributed by atoms with Crippen molar-refractivity contribution in [1.82, 2.24) is 15.5 Å². The maximum atomic E-state index is 14.4. The summed E-state index contributed by atoms with van der Waals surface area (Å²) in [5.41, 5.74) is 3.04. The summed E-state index contributed by atoms with van der Waals surface area (Å²) in [5.74, 6) is -0.480. The number of rotatable bonds is 11. The fourth-order valence-corrected chi connectivity index (χ4v) is 4.98. The van der Waals surface area contributed by atoms with E-state index in [1.54, 1.807) is 25.7 Å². The predicted molar refractivity (Wildman–Crippen MR) is 154 cm³/mol. The highest BCUT2D eigenvalue weighted by Gasteiger charge is 2.44. The maximum Gasteiger partial charge on any atom is 0.408 e. The molecule has 7 heteroatoms. The Labute approximate surface area is 233 Å². The Bertz CT molecular complexity index is 1120. The number of carbonyl (C=O) groups excluding carboxylic acids is 3. The summed E-state index contributed by atoms with van der Waals surface area (Å²) in [6, 6.07) is 13.8. The van der Waals surface area contributed by atoms with E-state index in [-0.39, 0.29) is 30.3 Å². The van der Waals surface area contributed by atoms with Gasteiger partial charge in [-0.2, -0.15) is 0 Å². The van der Waals surface area contributed by atoms with Gasteiger partial charge in [-0.05, 0) is 71.9 Å². The van der Waals surface area contributed by atoms with Gasteiger partial charge in [-0.1, -0.05) is 73.0 Å². The van der Waals surface area contributed by atoms with Crippen molar-refractivity contribution in [3.63, 3.8) is 0 Å². The third kappa shape index (κ3) is 9.12. The highest BCUT2D eigenvalue weighted by atomic mass is 16.6. The number of benzene rings is 2. The molecule has 3 unspecified atom stereocenters. The molecule has 3 atom stereocenters. The molecule has 0 bridgehead atoms. The normalized spacial score (nSPS) is 15.6. The summed E-state index contributed by atoms with van der Waals surface area (Å²) in [4.78, 5) is 42.9. The lowest BCUT2D eigenvalue weighted by Crippen LogP contribution is -2.55. The first-order chi connectivity index (χ1) is 18.4. The van der Waals surface area contributed by atoms with E-state index in [1.165, 1.54) is 0 Å². The van der Waals surface area contributed by atoms with Crippen LogP contribution in [0.25, 0.3) is 0 Å². The Morgan fingerprint density at radius 2 is 1.62 bits per heavy atom. The van der Waals surface area contributed by atoms with E-state index in [0.717, 1.165) is 47.9 Å². The first kappa shape index (κ1) is 30.2. The molecule has 1 aliphatic rings. The highest BCUT2D eigenvalue weighted by Crippen LogP contribution is 2.36. The van der Waals surface area contributed by atoms with Crippen LogP contribution in [0.2, 0.25) is 0 Å². The molecule has 0 saturated heterocycles. The molecule has 0 aromatic heterocycles. The van der Waals surface area contributed by atoms with Gasteiger partial charge < -0.3 is 20.3 Å². The summed E-state index contributed by atoms with van der Waals surface area (Å²) in [5, 5.41) is 5.98. The van der Waals surface area contributed by atoms with Gasteiger partial charge in [-0.25, -0.2) is 4.79 Å². The molecule has 1 fully saturated rings. The average molecular weight is 536 g/mol. The molecular formula is C32H45N3O4. The summed E-state index contributed by atoms with van der Waals surface area (Å²) in [7, 11) is 0. The number of hydrogen-bond donors (Lipinski definition) is 2. The smallest absolute Gasteiger partial charge is 0.408 e. The lowest BCUT2D eigenvalue weighted by atomic mass is 9.97. The molecule has 2 N–H and O–H groups in total. The van der Waals surface area contributed by atoms with Crippen LogP contribution in [0, 0.1) is 13.8 Å². The number of nitrogens with zero attached hydrogens (tertiary/aromatic N) is 1. The molecule has 0 aliphatic heterocycles. The Hall–Kier alpha value is -3.35. The van der Waals surface area contributed by atoms with E-state index in [1.807, 2.05) is 63.2 Å². The third-order valence-corrected chi connectivity index (χ3v) is 6.66. The molecule has 1 saturated carbocycles. The highest BCUT2D eigenvalue weighted by molar-refractivity contribution is 5.93. The van der Waals surface area contributed by atoms with Crippen molar-refractivity contribution >= 4 is 17.9 Å². The van der Waals surface area contributed by atoms with Crippen LogP contribution < -0.4 is 10.6 Å². The van der Waals surface area contributed by atoms with Gasteiger partial charge in [0.1, 0.15) is 17.7 Å². The third-order valence-electron chi connectivity index (χ3n) is 6.66. The molecule has 3 amide bonds. The molecule has 2 aromatic rings. The van der Waals surface area contributed by atoms with E-state index < -0.39 is 23.8 Å². The second-order valence-electron chi connectivity index (χ2n) is 11.9. The van der Waals surface area contributed by atoms with E-state index in [9.17, 15) is 14.4 Å². The zero-order valence-corrected chi connectivity index (χ0v) is 24.5. The lowest BCUT2D eigenvalue weighted by Gasteiger charge is -2.35. The van der Waals surface area contributed by atoms with Crippen molar-refractivity contribution in [2.45, 2.75) is 110 Å². The van der Waals surface area contributed by atoms with Crippen molar-refractivity contribution in [1.29, 1.82) is 0 Å². The Kier molecular flexibility index (Phi) is 10.2. The van der Waals surface area contributed by atoms with Gasteiger partial charge in [0.25, 0.3) is 0 Å². The minimum atomic E-state index is -0.892. The van der Waals surface area contributed by atoms with Crippen molar-refractivity contribution in [2.75, 3.05) is 0 Å². The van der Waals surface area contributed by atoms with Crippen LogP contribution in [0.4, 0.5) is 4.79 Å². The second-order valence-corrected chi connectivity index (χ2v) is 11.9. The van der Waals surface area contributed by atoms with Crippen LogP contribution in [-0.4, -0.2) is 46.5 Å². The molecule has 3 rings (SSSR count). The molecule has 0 heterocycles. The maximum absolute atomic E-state index is 14.4. The molecule has 39 heavy (non-hydrogen) atoms. The van der Waals surface area contributed by atoms with Crippen LogP contribution in [0.1, 0.15) is 88.6 Å². The van der Waals surface area contributed by atoms with E-state index in [2.05, 4.69) is 23.6 Å². The van der Waals surface area contributed by atoms with E-state index in [0.29, 0.717) is 0 Å². The monoisotopic (exact) mass is 535 g/mol. The van der Waals surface area contributed by atoms with Crippen LogP contribution >= 0.6 is 0 Å². The lowest BCUT2D eigenvalue weighted by molar-refractivity contribution is -0.143. The van der Waals surface area contributed by atoms with Crippen molar-refractivity contribution in [3.8, 4) is 0 Å². The predicted octanol–water partition coefficient (Wildman–Crippen LogP) is 5.78. The first-order valence-electron chi connectivity index (χ1n) is 14.1. The second kappa shape index (κ2) is 13.1. The van der Waals surface area contributed by atoms with Gasteiger partial charge in [-0.3, -0.25) is 9.59 Å². The van der Waals surface area contributed by atoms with Crippen LogP contribution in [-0.2, 0) is 20.7 Å². The average Bonchev–Trinajstić information content (AvgIpc) is 3.65. The van der Waals surface area contributed by atoms with Gasteiger partial charge in [0, 0.05) is 18.5 Å². The minimum Gasteiger partial charge on any atom is -0.444 e. The Balaban J connectivity index is 2.02. The SMILES string of the molecule is CCCC(C)NC(=O)C(c1cc(C)cc(C)c1)N(C(=O)C(Cc1ccccc1)NC(=O)OC(C)(C)C)C1CC1. The molecule has 7 nitrogen and oxygen atoms in total. The number of amides is 3. The minimum absolute atomic E-state index is 0.0212. The van der Waals surface area contributed by atoms with E-state index in [4.69, 9.17) is 4.74 Å². The largest absolute Gasteiger partial charge is 0.444 e. The number of alkyl carbamates (subject to hydrolysis) is 1. The Morgan fingerprint density at radius 1 is 1.00 bits per heavy atom. The molecular weight excluding hydrogens is 490 g/mol. The van der Waals surface area contributed by atoms with Crippen molar-refractivity contribution in [2.24, 2.45) is 0 Å².